The van der Waals surface area contributed by atoms with Crippen molar-refractivity contribution in [3.05, 3.63) is 65.0 Å². The number of H-pyrrole nitrogens is 1. The van der Waals surface area contributed by atoms with Gasteiger partial charge in [0.05, 0.1) is 17.5 Å². The lowest BCUT2D eigenvalue weighted by molar-refractivity contribution is -0.120. The van der Waals surface area contributed by atoms with Gasteiger partial charge in [0, 0.05) is 6.54 Å². The van der Waals surface area contributed by atoms with Crippen LogP contribution in [0.1, 0.15) is 22.5 Å². The number of aryl methyl sites for hydroxylation is 2. The van der Waals surface area contributed by atoms with Crippen molar-refractivity contribution in [3.8, 4) is 0 Å². The molecule has 0 aliphatic rings. The van der Waals surface area contributed by atoms with E-state index in [1.807, 2.05) is 56.3 Å². The Kier molecular flexibility index (Phi) is 3.92. The molecular weight excluding hydrogens is 274 g/mol. The quantitative estimate of drug-likeness (QED) is 0.777. The van der Waals surface area contributed by atoms with Gasteiger partial charge in [-0.3, -0.25) is 4.79 Å². The Hall–Kier alpha value is -2.62. The van der Waals surface area contributed by atoms with Crippen molar-refractivity contribution in [2.24, 2.45) is 0 Å². The Morgan fingerprint density at radius 1 is 1.09 bits per heavy atom. The number of hydrogen-bond acceptors (Lipinski definition) is 2. The minimum absolute atomic E-state index is 0.0322. The van der Waals surface area contributed by atoms with Gasteiger partial charge in [0.1, 0.15) is 5.82 Å². The summed E-state index contributed by atoms with van der Waals surface area (Å²) in [7, 11) is 0. The highest BCUT2D eigenvalue weighted by atomic mass is 16.1. The third kappa shape index (κ3) is 3.34. The molecule has 2 aromatic carbocycles. The molecule has 1 aromatic heterocycles. The summed E-state index contributed by atoms with van der Waals surface area (Å²) in [6.45, 7) is 4.50. The second-order valence-corrected chi connectivity index (χ2v) is 5.61. The molecule has 4 heteroatoms. The van der Waals surface area contributed by atoms with E-state index >= 15 is 0 Å². The van der Waals surface area contributed by atoms with E-state index in [4.69, 9.17) is 0 Å². The second kappa shape index (κ2) is 6.02. The van der Waals surface area contributed by atoms with Crippen LogP contribution in [0.4, 0.5) is 0 Å². The molecule has 0 atom stereocenters. The summed E-state index contributed by atoms with van der Waals surface area (Å²) in [5.41, 5.74) is 5.25. The molecule has 0 bridgehead atoms. The topological polar surface area (TPSA) is 57.8 Å². The van der Waals surface area contributed by atoms with Crippen LogP contribution in [-0.4, -0.2) is 15.9 Å². The van der Waals surface area contributed by atoms with Crippen LogP contribution in [-0.2, 0) is 17.8 Å². The highest BCUT2D eigenvalue weighted by molar-refractivity contribution is 5.79. The van der Waals surface area contributed by atoms with Crippen LogP contribution >= 0.6 is 0 Å². The first kappa shape index (κ1) is 14.3. The first-order valence-electron chi connectivity index (χ1n) is 7.37. The molecule has 3 rings (SSSR count). The summed E-state index contributed by atoms with van der Waals surface area (Å²) >= 11 is 0. The molecule has 0 spiro atoms. The fourth-order valence-corrected chi connectivity index (χ4v) is 2.45. The Labute approximate surface area is 129 Å². The summed E-state index contributed by atoms with van der Waals surface area (Å²) in [6, 6.07) is 14.0. The number of fused-ring (bicyclic) bond motifs is 1. The van der Waals surface area contributed by atoms with Gasteiger partial charge in [-0.1, -0.05) is 35.9 Å². The van der Waals surface area contributed by atoms with Gasteiger partial charge in [-0.25, -0.2) is 4.98 Å². The first-order valence-corrected chi connectivity index (χ1v) is 7.37. The fraction of sp³-hybridized carbons (Fsp3) is 0.222. The zero-order valence-electron chi connectivity index (χ0n) is 12.8. The third-order valence-corrected chi connectivity index (χ3v) is 3.64. The molecule has 0 saturated carbocycles. The molecule has 0 aliphatic heterocycles. The molecule has 0 unspecified atom stereocenters. The number of benzene rings is 2. The normalized spacial score (nSPS) is 10.8. The summed E-state index contributed by atoms with van der Waals surface area (Å²) in [6.07, 6.45) is 0.408. The standard InChI is InChI=1S/C18H19N3O/c1-12-3-5-14(6-4-12)10-18(22)19-11-15-7-8-16-17(9-15)21-13(2)20-16/h3-9H,10-11H2,1-2H3,(H,19,22)(H,20,21). The SMILES string of the molecule is Cc1ccc(CC(=O)NCc2ccc3nc(C)[nH]c3c2)cc1. The molecule has 1 heterocycles. The van der Waals surface area contributed by atoms with Crippen molar-refractivity contribution in [3.63, 3.8) is 0 Å². The molecule has 1 amide bonds. The smallest absolute Gasteiger partial charge is 0.224 e. The summed E-state index contributed by atoms with van der Waals surface area (Å²) in [5.74, 6) is 0.931. The number of imidazole rings is 1. The van der Waals surface area contributed by atoms with E-state index in [0.29, 0.717) is 13.0 Å². The van der Waals surface area contributed by atoms with E-state index in [1.165, 1.54) is 5.56 Å². The van der Waals surface area contributed by atoms with Crippen molar-refractivity contribution in [1.29, 1.82) is 0 Å². The molecule has 0 aliphatic carbocycles. The molecule has 3 aromatic rings. The largest absolute Gasteiger partial charge is 0.352 e. The van der Waals surface area contributed by atoms with Gasteiger partial charge < -0.3 is 10.3 Å². The predicted octanol–water partition coefficient (Wildman–Crippen LogP) is 3.04. The van der Waals surface area contributed by atoms with Crippen LogP contribution in [0.5, 0.6) is 0 Å². The van der Waals surface area contributed by atoms with Gasteiger partial charge >= 0.3 is 0 Å². The van der Waals surface area contributed by atoms with Gasteiger partial charge in [0.15, 0.2) is 0 Å². The second-order valence-electron chi connectivity index (χ2n) is 5.61. The van der Waals surface area contributed by atoms with Crippen molar-refractivity contribution >= 4 is 16.9 Å². The van der Waals surface area contributed by atoms with Crippen LogP contribution in [0.3, 0.4) is 0 Å². The zero-order chi connectivity index (χ0) is 15.5. The number of aromatic nitrogens is 2. The Morgan fingerprint density at radius 3 is 2.59 bits per heavy atom. The van der Waals surface area contributed by atoms with Gasteiger partial charge in [-0.05, 0) is 37.1 Å². The number of aromatic amines is 1. The molecule has 22 heavy (non-hydrogen) atoms. The van der Waals surface area contributed by atoms with E-state index in [9.17, 15) is 4.79 Å². The number of carbonyl (C=O) groups excluding carboxylic acids is 1. The van der Waals surface area contributed by atoms with Crippen molar-refractivity contribution in [2.45, 2.75) is 26.8 Å². The zero-order valence-corrected chi connectivity index (χ0v) is 12.8. The summed E-state index contributed by atoms with van der Waals surface area (Å²) in [4.78, 5) is 19.6. The molecule has 0 fully saturated rings. The number of nitrogens with one attached hydrogen (secondary N) is 2. The average molecular weight is 293 g/mol. The third-order valence-electron chi connectivity index (χ3n) is 3.64. The van der Waals surface area contributed by atoms with E-state index in [1.54, 1.807) is 0 Å². The lowest BCUT2D eigenvalue weighted by Crippen LogP contribution is -2.24. The van der Waals surface area contributed by atoms with Gasteiger partial charge in [0.2, 0.25) is 5.91 Å². The monoisotopic (exact) mass is 293 g/mol. The van der Waals surface area contributed by atoms with Gasteiger partial charge in [-0.2, -0.15) is 0 Å². The Balaban J connectivity index is 1.60. The predicted molar refractivity (Wildman–Crippen MR) is 87.6 cm³/mol. The molecule has 0 radical (unpaired) electrons. The maximum atomic E-state index is 12.0. The van der Waals surface area contributed by atoms with Crippen LogP contribution in [0, 0.1) is 13.8 Å². The fourth-order valence-electron chi connectivity index (χ4n) is 2.45. The van der Waals surface area contributed by atoms with Crippen molar-refractivity contribution < 1.29 is 4.79 Å². The highest BCUT2D eigenvalue weighted by Crippen LogP contribution is 2.13. The number of carbonyl (C=O) groups is 1. The lowest BCUT2D eigenvalue weighted by Gasteiger charge is -2.06. The lowest BCUT2D eigenvalue weighted by atomic mass is 10.1. The number of amides is 1. The number of rotatable bonds is 4. The van der Waals surface area contributed by atoms with Crippen molar-refractivity contribution in [2.75, 3.05) is 0 Å². The maximum Gasteiger partial charge on any atom is 0.224 e. The summed E-state index contributed by atoms with van der Waals surface area (Å²) in [5, 5.41) is 2.96. The average Bonchev–Trinajstić information content (AvgIpc) is 2.87. The Morgan fingerprint density at radius 2 is 1.82 bits per heavy atom. The van der Waals surface area contributed by atoms with E-state index in [0.717, 1.165) is 28.0 Å². The molecule has 112 valence electrons. The molecule has 0 saturated heterocycles. The highest BCUT2D eigenvalue weighted by Gasteiger charge is 2.05. The van der Waals surface area contributed by atoms with E-state index in [-0.39, 0.29) is 5.91 Å². The van der Waals surface area contributed by atoms with Gasteiger partial charge in [0.25, 0.3) is 0 Å². The minimum atomic E-state index is 0.0322. The minimum Gasteiger partial charge on any atom is -0.352 e. The van der Waals surface area contributed by atoms with Crippen LogP contribution in [0.25, 0.3) is 11.0 Å². The van der Waals surface area contributed by atoms with Crippen LogP contribution in [0.15, 0.2) is 42.5 Å². The molecule has 4 nitrogen and oxygen atoms in total. The van der Waals surface area contributed by atoms with E-state index < -0.39 is 0 Å². The summed E-state index contributed by atoms with van der Waals surface area (Å²) < 4.78 is 0. The molecule has 2 N–H and O–H groups in total. The first-order chi connectivity index (χ1) is 10.6. The van der Waals surface area contributed by atoms with Gasteiger partial charge in [-0.15, -0.1) is 0 Å². The number of hydrogen-bond donors (Lipinski definition) is 2. The molecular formula is C18H19N3O. The number of nitrogens with zero attached hydrogens (tertiary/aromatic N) is 1. The van der Waals surface area contributed by atoms with Crippen LogP contribution < -0.4 is 5.32 Å². The maximum absolute atomic E-state index is 12.0. The van der Waals surface area contributed by atoms with Crippen molar-refractivity contribution in [1.82, 2.24) is 15.3 Å². The Bertz CT molecular complexity index is 803. The van der Waals surface area contributed by atoms with Crippen LogP contribution in [0.2, 0.25) is 0 Å². The van der Waals surface area contributed by atoms with E-state index in [2.05, 4.69) is 15.3 Å².